The van der Waals surface area contributed by atoms with Crippen molar-refractivity contribution in [1.29, 1.82) is 0 Å². The number of benzene rings is 1. The number of rotatable bonds is 5. The van der Waals surface area contributed by atoms with Crippen LogP contribution in [0, 0.1) is 29.1 Å². The number of fused-ring (bicyclic) bond motifs is 2. The van der Waals surface area contributed by atoms with E-state index in [0.717, 1.165) is 12.0 Å². The Labute approximate surface area is 231 Å². The zero-order chi connectivity index (χ0) is 28.7. The molecule has 4 rings (SSSR count). The Balaban J connectivity index is 1.81. The molecule has 3 aliphatic rings. The van der Waals surface area contributed by atoms with E-state index in [9.17, 15) is 19.2 Å². The van der Waals surface area contributed by atoms with E-state index in [0.29, 0.717) is 23.5 Å². The van der Waals surface area contributed by atoms with Crippen molar-refractivity contribution in [1.82, 2.24) is 0 Å². The van der Waals surface area contributed by atoms with Gasteiger partial charge in [-0.25, -0.2) is 0 Å². The number of allylic oxidation sites excluding steroid dienone is 1. The van der Waals surface area contributed by atoms with Crippen LogP contribution in [0.4, 0.5) is 0 Å². The van der Waals surface area contributed by atoms with Gasteiger partial charge in [-0.1, -0.05) is 63.8 Å². The Morgan fingerprint density at radius 3 is 2.33 bits per heavy atom. The van der Waals surface area contributed by atoms with Crippen LogP contribution in [0.3, 0.4) is 0 Å². The Kier molecular flexibility index (Phi) is 7.93. The fourth-order valence-electron chi connectivity index (χ4n) is 6.99. The average molecular weight is 537 g/mol. The van der Waals surface area contributed by atoms with Gasteiger partial charge in [-0.15, -0.1) is 0 Å². The molecule has 0 radical (unpaired) electrons. The van der Waals surface area contributed by atoms with Gasteiger partial charge in [0.15, 0.2) is 5.60 Å². The van der Waals surface area contributed by atoms with Crippen LogP contribution in [0.15, 0.2) is 54.1 Å². The Morgan fingerprint density at radius 2 is 1.72 bits per heavy atom. The van der Waals surface area contributed by atoms with Crippen LogP contribution in [0.1, 0.15) is 66.4 Å². The molecule has 0 spiro atoms. The lowest BCUT2D eigenvalue weighted by atomic mass is 9.76. The lowest BCUT2D eigenvalue weighted by molar-refractivity contribution is -0.182. The van der Waals surface area contributed by atoms with Gasteiger partial charge in [0.25, 0.3) is 0 Å². The molecule has 1 aromatic carbocycles. The standard InChI is InChI=1S/C32H40O7/c1-18-13-14-24-25(31(24,6)7)15-19(2)30(36)32(39-22(5)34)17-20(3)29(27(32)28(18)37-21(4)33)38-26(35)16-23-11-9-8-10-12-23/h8-12,15,20,24-25,27-29H,1,13-14,16-17H2,2-7H3/b19-15+/t20-,24-,25+,27-,28-,29-,32+/m0/s1. The van der Waals surface area contributed by atoms with Crippen molar-refractivity contribution in [2.45, 2.75) is 85.0 Å². The topological polar surface area (TPSA) is 96.0 Å². The second-order valence-electron chi connectivity index (χ2n) is 12.2. The normalized spacial score (nSPS) is 34.9. The minimum atomic E-state index is -1.68. The summed E-state index contributed by atoms with van der Waals surface area (Å²) < 4.78 is 17.9. The predicted molar refractivity (Wildman–Crippen MR) is 145 cm³/mol. The minimum absolute atomic E-state index is 0.0183. The lowest BCUT2D eigenvalue weighted by Crippen LogP contribution is -2.55. The summed E-state index contributed by atoms with van der Waals surface area (Å²) in [6, 6.07) is 9.23. The molecule has 0 saturated heterocycles. The number of hydrogen-bond donors (Lipinski definition) is 0. The Morgan fingerprint density at radius 1 is 1.05 bits per heavy atom. The quantitative estimate of drug-likeness (QED) is 0.291. The largest absolute Gasteiger partial charge is 0.461 e. The smallest absolute Gasteiger partial charge is 0.310 e. The molecule has 39 heavy (non-hydrogen) atoms. The maximum Gasteiger partial charge on any atom is 0.310 e. The van der Waals surface area contributed by atoms with E-state index in [4.69, 9.17) is 14.2 Å². The first-order valence-corrected chi connectivity index (χ1v) is 13.8. The van der Waals surface area contributed by atoms with Crippen LogP contribution in [-0.2, 0) is 39.8 Å². The van der Waals surface area contributed by atoms with Crippen LogP contribution in [0.2, 0.25) is 0 Å². The van der Waals surface area contributed by atoms with Crippen LogP contribution >= 0.6 is 0 Å². The van der Waals surface area contributed by atoms with Gasteiger partial charge in [-0.3, -0.25) is 19.2 Å². The summed E-state index contributed by atoms with van der Waals surface area (Å²) in [7, 11) is 0. The van der Waals surface area contributed by atoms with Crippen molar-refractivity contribution in [2.75, 3.05) is 0 Å². The number of ketones is 1. The van der Waals surface area contributed by atoms with Crippen molar-refractivity contribution in [3.63, 3.8) is 0 Å². The lowest BCUT2D eigenvalue weighted by Gasteiger charge is -2.40. The summed E-state index contributed by atoms with van der Waals surface area (Å²) in [4.78, 5) is 52.4. The SMILES string of the molecule is C=C1CC[C@H]2[C@@H](/C=C(\C)C(=O)[C@@]3(OC(C)=O)C[C@H](C)[C@H](OC(=O)Cc4ccccc4)[C@@H]3[C@H]1OC(C)=O)C2(C)C. The molecule has 0 amide bonds. The maximum atomic E-state index is 14.3. The molecule has 0 N–H and O–H groups in total. The van der Waals surface area contributed by atoms with Gasteiger partial charge in [0, 0.05) is 20.3 Å². The van der Waals surface area contributed by atoms with Crippen LogP contribution < -0.4 is 0 Å². The van der Waals surface area contributed by atoms with E-state index >= 15 is 0 Å². The second-order valence-corrected chi connectivity index (χ2v) is 12.2. The number of hydrogen-bond acceptors (Lipinski definition) is 7. The molecule has 0 bridgehead atoms. The molecule has 0 unspecified atom stereocenters. The summed E-state index contributed by atoms with van der Waals surface area (Å²) in [6.45, 7) is 14.8. The van der Waals surface area contributed by atoms with Gasteiger partial charge in [-0.2, -0.15) is 0 Å². The molecule has 1 aromatic rings. The fraction of sp³-hybridized carbons (Fsp3) is 0.562. The zero-order valence-corrected chi connectivity index (χ0v) is 23.8. The van der Waals surface area contributed by atoms with Gasteiger partial charge in [0.1, 0.15) is 12.2 Å². The summed E-state index contributed by atoms with van der Waals surface area (Å²) in [6.07, 6.45) is 1.74. The van der Waals surface area contributed by atoms with Gasteiger partial charge in [0.2, 0.25) is 5.78 Å². The average Bonchev–Trinajstić information content (AvgIpc) is 3.24. The third-order valence-corrected chi connectivity index (χ3v) is 8.97. The van der Waals surface area contributed by atoms with Crippen molar-refractivity contribution in [3.05, 3.63) is 59.7 Å². The van der Waals surface area contributed by atoms with E-state index in [1.54, 1.807) is 6.92 Å². The first-order chi connectivity index (χ1) is 18.3. The van der Waals surface area contributed by atoms with Crippen LogP contribution in [0.5, 0.6) is 0 Å². The molecule has 3 aliphatic carbocycles. The summed E-state index contributed by atoms with van der Waals surface area (Å²) in [5.74, 6) is -2.75. The monoisotopic (exact) mass is 536 g/mol. The Hall–Kier alpha value is -3.22. The maximum absolute atomic E-state index is 14.3. The number of ether oxygens (including phenoxy) is 3. The summed E-state index contributed by atoms with van der Waals surface area (Å²) >= 11 is 0. The fourth-order valence-corrected chi connectivity index (χ4v) is 6.99. The highest BCUT2D eigenvalue weighted by Gasteiger charge is 2.65. The van der Waals surface area contributed by atoms with E-state index in [2.05, 4.69) is 20.4 Å². The van der Waals surface area contributed by atoms with Crippen molar-refractivity contribution in [3.8, 4) is 0 Å². The van der Waals surface area contributed by atoms with Crippen LogP contribution in [0.25, 0.3) is 0 Å². The molecule has 0 heterocycles. The van der Waals surface area contributed by atoms with E-state index in [1.807, 2.05) is 43.3 Å². The number of esters is 3. The van der Waals surface area contributed by atoms with Gasteiger partial charge in [0.05, 0.1) is 12.3 Å². The Bertz CT molecular complexity index is 1200. The molecule has 7 heteroatoms. The van der Waals surface area contributed by atoms with Gasteiger partial charge >= 0.3 is 17.9 Å². The van der Waals surface area contributed by atoms with Gasteiger partial charge in [-0.05, 0) is 59.6 Å². The van der Waals surface area contributed by atoms with E-state index in [1.165, 1.54) is 13.8 Å². The molecule has 2 saturated carbocycles. The minimum Gasteiger partial charge on any atom is -0.461 e. The first-order valence-electron chi connectivity index (χ1n) is 13.8. The second kappa shape index (κ2) is 10.7. The van der Waals surface area contributed by atoms with E-state index in [-0.39, 0.29) is 35.9 Å². The van der Waals surface area contributed by atoms with Crippen molar-refractivity contribution in [2.24, 2.45) is 29.1 Å². The van der Waals surface area contributed by atoms with Gasteiger partial charge < -0.3 is 14.2 Å². The molecular formula is C32H40O7. The predicted octanol–water partition coefficient (Wildman–Crippen LogP) is 5.17. The number of Topliss-reactive ketones (excluding diaryl/α,β-unsaturated/α-hetero) is 1. The third-order valence-electron chi connectivity index (χ3n) is 8.97. The highest BCUT2D eigenvalue weighted by Crippen LogP contribution is 2.62. The third kappa shape index (κ3) is 5.59. The molecule has 2 fully saturated rings. The van der Waals surface area contributed by atoms with Crippen molar-refractivity contribution >= 4 is 23.7 Å². The number of carbonyl (C=O) groups is 4. The summed E-state index contributed by atoms with van der Waals surface area (Å²) in [5.41, 5.74) is 0.258. The molecule has 0 aromatic heterocycles. The van der Waals surface area contributed by atoms with Crippen molar-refractivity contribution < 1.29 is 33.4 Å². The van der Waals surface area contributed by atoms with E-state index < -0.39 is 41.6 Å². The number of carbonyl (C=O) groups excluding carboxylic acids is 4. The molecule has 210 valence electrons. The van der Waals surface area contributed by atoms with Crippen LogP contribution in [-0.4, -0.2) is 41.5 Å². The zero-order valence-electron chi connectivity index (χ0n) is 23.8. The molecule has 0 aliphatic heterocycles. The first kappa shape index (κ1) is 28.8. The summed E-state index contributed by atoms with van der Waals surface area (Å²) in [5, 5.41) is 0. The molecular weight excluding hydrogens is 496 g/mol. The highest BCUT2D eigenvalue weighted by atomic mass is 16.6. The molecule has 7 nitrogen and oxygen atoms in total. The molecule has 7 atom stereocenters. The highest BCUT2D eigenvalue weighted by molar-refractivity contribution is 6.03.